The predicted octanol–water partition coefficient (Wildman–Crippen LogP) is 5.32. The molecule has 150 valence electrons. The van der Waals surface area contributed by atoms with Crippen LogP contribution in [0.15, 0.2) is 54.6 Å². The Morgan fingerprint density at radius 1 is 0.897 bits per heavy atom. The van der Waals surface area contributed by atoms with Gasteiger partial charge in [-0.1, -0.05) is 0 Å². The second kappa shape index (κ2) is 9.19. The highest BCUT2D eigenvalue weighted by Gasteiger charge is 2.06. The molecule has 3 rings (SSSR count). The summed E-state index contributed by atoms with van der Waals surface area (Å²) in [4.78, 5) is 22.7. The molecule has 0 fully saturated rings. The number of hydrogen-bond acceptors (Lipinski definition) is 6. The molecule has 1 heterocycles. The summed E-state index contributed by atoms with van der Waals surface area (Å²) in [6.07, 6.45) is 0. The lowest BCUT2D eigenvalue weighted by Gasteiger charge is -2.21. The first kappa shape index (κ1) is 20.3. The van der Waals surface area contributed by atoms with E-state index in [-0.39, 0.29) is 5.78 Å². The zero-order valence-electron chi connectivity index (χ0n) is 17.4. The molecular weight excluding hydrogens is 362 g/mol. The average molecular weight is 390 g/mol. The number of carbonyl (C=O) groups is 1. The van der Waals surface area contributed by atoms with Crippen molar-refractivity contribution in [2.24, 2.45) is 0 Å². The van der Waals surface area contributed by atoms with E-state index in [0.717, 1.165) is 36.0 Å². The maximum absolute atomic E-state index is 11.4. The third-order valence-electron chi connectivity index (χ3n) is 4.67. The fourth-order valence-corrected chi connectivity index (χ4v) is 3.10. The van der Waals surface area contributed by atoms with Gasteiger partial charge in [0.25, 0.3) is 0 Å². The number of carbonyl (C=O) groups excluding carboxylic acids is 1. The smallest absolute Gasteiger partial charge is 0.229 e. The molecule has 2 aromatic carbocycles. The number of benzene rings is 2. The van der Waals surface area contributed by atoms with Gasteiger partial charge >= 0.3 is 0 Å². The molecule has 0 amide bonds. The van der Waals surface area contributed by atoms with Crippen molar-refractivity contribution in [2.75, 3.05) is 28.6 Å². The number of nitrogens with zero attached hydrogens (tertiary/aromatic N) is 3. The first-order chi connectivity index (χ1) is 14.0. The minimum Gasteiger partial charge on any atom is -0.372 e. The van der Waals surface area contributed by atoms with Gasteiger partial charge in [-0.3, -0.25) is 4.79 Å². The Hall–Kier alpha value is -3.41. The van der Waals surface area contributed by atoms with Crippen molar-refractivity contribution in [2.45, 2.75) is 27.7 Å². The van der Waals surface area contributed by atoms with E-state index >= 15 is 0 Å². The highest BCUT2D eigenvalue weighted by Crippen LogP contribution is 2.22. The predicted molar refractivity (Wildman–Crippen MR) is 120 cm³/mol. The molecule has 6 nitrogen and oxygen atoms in total. The number of aromatic nitrogens is 2. The second-order valence-corrected chi connectivity index (χ2v) is 6.82. The lowest BCUT2D eigenvalue weighted by Crippen LogP contribution is -2.21. The van der Waals surface area contributed by atoms with Crippen molar-refractivity contribution >= 4 is 34.6 Å². The van der Waals surface area contributed by atoms with Crippen molar-refractivity contribution in [3.63, 3.8) is 0 Å². The van der Waals surface area contributed by atoms with Gasteiger partial charge in [-0.05, 0) is 76.2 Å². The third-order valence-corrected chi connectivity index (χ3v) is 4.67. The third kappa shape index (κ3) is 5.31. The molecule has 0 aliphatic carbocycles. The first-order valence-corrected chi connectivity index (χ1v) is 9.84. The molecule has 0 aliphatic heterocycles. The van der Waals surface area contributed by atoms with Gasteiger partial charge in [0.15, 0.2) is 5.78 Å². The average Bonchev–Trinajstić information content (AvgIpc) is 2.70. The van der Waals surface area contributed by atoms with Crippen molar-refractivity contribution in [1.82, 2.24) is 9.97 Å². The van der Waals surface area contributed by atoms with Crippen LogP contribution in [0.2, 0.25) is 0 Å². The van der Waals surface area contributed by atoms with Gasteiger partial charge in [0.2, 0.25) is 5.95 Å². The van der Waals surface area contributed by atoms with Gasteiger partial charge in [-0.2, -0.15) is 4.98 Å². The van der Waals surface area contributed by atoms with Crippen LogP contribution in [-0.4, -0.2) is 28.8 Å². The van der Waals surface area contributed by atoms with E-state index in [0.29, 0.717) is 11.5 Å². The number of hydrogen-bond donors (Lipinski definition) is 2. The zero-order chi connectivity index (χ0) is 20.8. The van der Waals surface area contributed by atoms with Crippen molar-refractivity contribution in [1.29, 1.82) is 0 Å². The molecule has 6 heteroatoms. The summed E-state index contributed by atoms with van der Waals surface area (Å²) < 4.78 is 0. The van der Waals surface area contributed by atoms with Gasteiger partial charge in [0, 0.05) is 47.5 Å². The highest BCUT2D eigenvalue weighted by atomic mass is 16.1. The summed E-state index contributed by atoms with van der Waals surface area (Å²) in [7, 11) is 0. The fourth-order valence-electron chi connectivity index (χ4n) is 3.10. The minimum absolute atomic E-state index is 0.0434. The largest absolute Gasteiger partial charge is 0.372 e. The second-order valence-electron chi connectivity index (χ2n) is 6.82. The highest BCUT2D eigenvalue weighted by molar-refractivity contribution is 5.94. The Balaban J connectivity index is 1.74. The van der Waals surface area contributed by atoms with Gasteiger partial charge in [0.1, 0.15) is 5.82 Å². The van der Waals surface area contributed by atoms with E-state index in [9.17, 15) is 4.79 Å². The lowest BCUT2D eigenvalue weighted by atomic mass is 10.1. The molecular formula is C23H27N5O. The topological polar surface area (TPSA) is 70.2 Å². The summed E-state index contributed by atoms with van der Waals surface area (Å²) >= 11 is 0. The van der Waals surface area contributed by atoms with E-state index in [1.165, 1.54) is 5.69 Å². The van der Waals surface area contributed by atoms with Crippen LogP contribution < -0.4 is 15.5 Å². The molecule has 0 aliphatic rings. The summed E-state index contributed by atoms with van der Waals surface area (Å²) in [5, 5.41) is 6.54. The van der Waals surface area contributed by atoms with Crippen molar-refractivity contribution in [3.8, 4) is 0 Å². The minimum atomic E-state index is 0.0434. The van der Waals surface area contributed by atoms with E-state index in [1.807, 2.05) is 25.1 Å². The molecule has 2 N–H and O–H groups in total. The normalized spacial score (nSPS) is 10.5. The van der Waals surface area contributed by atoms with Crippen LogP contribution in [0.1, 0.15) is 36.8 Å². The summed E-state index contributed by atoms with van der Waals surface area (Å²) in [6.45, 7) is 9.76. The Morgan fingerprint density at radius 3 is 2.07 bits per heavy atom. The molecule has 0 atom stereocenters. The van der Waals surface area contributed by atoms with Crippen LogP contribution in [0.3, 0.4) is 0 Å². The van der Waals surface area contributed by atoms with Crippen LogP contribution in [0.5, 0.6) is 0 Å². The van der Waals surface area contributed by atoms with Crippen molar-refractivity contribution < 1.29 is 4.79 Å². The maximum atomic E-state index is 11.4. The van der Waals surface area contributed by atoms with Gasteiger partial charge in [-0.25, -0.2) is 4.98 Å². The Morgan fingerprint density at radius 2 is 1.48 bits per heavy atom. The van der Waals surface area contributed by atoms with Crippen LogP contribution >= 0.6 is 0 Å². The van der Waals surface area contributed by atoms with Crippen LogP contribution in [0, 0.1) is 6.92 Å². The molecule has 0 radical (unpaired) electrons. The van der Waals surface area contributed by atoms with Gasteiger partial charge in [0.05, 0.1) is 0 Å². The number of rotatable bonds is 8. The molecule has 3 aromatic rings. The van der Waals surface area contributed by atoms with Crippen LogP contribution in [0.25, 0.3) is 0 Å². The number of aryl methyl sites for hydroxylation is 1. The van der Waals surface area contributed by atoms with E-state index in [2.05, 4.69) is 63.6 Å². The molecule has 29 heavy (non-hydrogen) atoms. The Kier molecular flexibility index (Phi) is 6.44. The lowest BCUT2D eigenvalue weighted by molar-refractivity contribution is 0.101. The molecule has 0 unspecified atom stereocenters. The van der Waals surface area contributed by atoms with E-state index < -0.39 is 0 Å². The van der Waals surface area contributed by atoms with Gasteiger partial charge < -0.3 is 15.5 Å². The number of ketones is 1. The Bertz CT molecular complexity index is 964. The Labute approximate surface area is 172 Å². The maximum Gasteiger partial charge on any atom is 0.229 e. The zero-order valence-corrected chi connectivity index (χ0v) is 17.4. The molecule has 1 aromatic heterocycles. The summed E-state index contributed by atoms with van der Waals surface area (Å²) in [6, 6.07) is 17.5. The molecule has 0 saturated carbocycles. The molecule has 0 saturated heterocycles. The summed E-state index contributed by atoms with van der Waals surface area (Å²) in [5.41, 5.74) is 4.53. The molecule has 0 spiro atoms. The van der Waals surface area contributed by atoms with Crippen LogP contribution in [0.4, 0.5) is 28.8 Å². The van der Waals surface area contributed by atoms with Crippen LogP contribution in [-0.2, 0) is 0 Å². The van der Waals surface area contributed by atoms with E-state index in [4.69, 9.17) is 0 Å². The van der Waals surface area contributed by atoms with Crippen molar-refractivity contribution in [3.05, 3.63) is 65.9 Å². The SMILES string of the molecule is CCN(CC)c1ccc(Nc2cc(C)nc(Nc3ccc(C(C)=O)cc3)n2)cc1. The fraction of sp³-hybridized carbons (Fsp3) is 0.261. The van der Waals surface area contributed by atoms with E-state index in [1.54, 1.807) is 19.1 Å². The quantitative estimate of drug-likeness (QED) is 0.508. The standard InChI is InChI=1S/C23H27N5O/c1-5-28(6-2)21-13-11-19(12-14-21)25-22-15-16(3)24-23(27-22)26-20-9-7-18(8-10-20)17(4)29/h7-15H,5-6H2,1-4H3,(H2,24,25,26,27). The number of nitrogens with one attached hydrogen (secondary N) is 2. The first-order valence-electron chi connectivity index (χ1n) is 9.84. The van der Waals surface area contributed by atoms with Gasteiger partial charge in [-0.15, -0.1) is 0 Å². The monoisotopic (exact) mass is 389 g/mol. The number of anilines is 5. The number of Topliss-reactive ketones (excluding diaryl/α,β-unsaturated/α-hetero) is 1. The molecule has 0 bridgehead atoms. The summed E-state index contributed by atoms with van der Waals surface area (Å²) in [5.74, 6) is 1.26.